The molecule has 0 saturated heterocycles. The van der Waals surface area contributed by atoms with E-state index >= 15 is 0 Å². The second kappa shape index (κ2) is 4.37. The average Bonchev–Trinajstić information content (AvgIpc) is 2.74. The number of nitrogens with zero attached hydrogens (tertiary/aromatic N) is 1. The van der Waals surface area contributed by atoms with Crippen molar-refractivity contribution in [1.82, 2.24) is 9.97 Å². The van der Waals surface area contributed by atoms with Gasteiger partial charge in [0, 0.05) is 10.0 Å². The molecule has 0 amide bonds. The fraction of sp³-hybridized carbons (Fsp3) is 0. The zero-order valence-electron chi connectivity index (χ0n) is 9.05. The topological polar surface area (TPSA) is 28.7 Å². The van der Waals surface area contributed by atoms with Gasteiger partial charge in [-0.05, 0) is 46.3 Å². The Kier molecular flexibility index (Phi) is 2.84. The first kappa shape index (κ1) is 11.7. The van der Waals surface area contributed by atoms with E-state index in [1.54, 1.807) is 12.1 Å². The first-order valence-corrected chi connectivity index (χ1v) is 6.42. The highest BCUT2D eigenvalue weighted by Gasteiger charge is 2.10. The number of fused-ring (bicyclic) bond motifs is 1. The molecule has 3 rings (SSSR count). The molecule has 2 nitrogen and oxygen atoms in total. The molecule has 1 aromatic heterocycles. The van der Waals surface area contributed by atoms with Gasteiger partial charge in [-0.3, -0.25) is 0 Å². The number of hydrogen-bond donors (Lipinski definition) is 1. The first-order chi connectivity index (χ1) is 8.65. The van der Waals surface area contributed by atoms with Crippen LogP contribution in [0.5, 0.6) is 0 Å². The van der Waals surface area contributed by atoms with Crippen LogP contribution in [0.25, 0.3) is 22.4 Å². The molecule has 0 bridgehead atoms. The fourth-order valence-electron chi connectivity index (χ4n) is 1.81. The van der Waals surface area contributed by atoms with Gasteiger partial charge in [0.25, 0.3) is 0 Å². The minimum atomic E-state index is -0.292. The van der Waals surface area contributed by atoms with Gasteiger partial charge < -0.3 is 4.98 Å². The van der Waals surface area contributed by atoms with Gasteiger partial charge in [0.2, 0.25) is 0 Å². The molecule has 5 heteroatoms. The van der Waals surface area contributed by atoms with E-state index in [0.717, 1.165) is 11.1 Å². The molecule has 1 heterocycles. The molecule has 0 radical (unpaired) electrons. The van der Waals surface area contributed by atoms with E-state index in [1.807, 2.05) is 12.1 Å². The molecule has 18 heavy (non-hydrogen) atoms. The van der Waals surface area contributed by atoms with E-state index in [9.17, 15) is 4.39 Å². The van der Waals surface area contributed by atoms with Gasteiger partial charge in [0.1, 0.15) is 17.2 Å². The maximum atomic E-state index is 13.1. The number of nitrogens with one attached hydrogen (secondary N) is 1. The number of aromatic nitrogens is 2. The van der Waals surface area contributed by atoms with Gasteiger partial charge in [0.15, 0.2) is 0 Å². The second-order valence-corrected chi connectivity index (χ2v) is 5.11. The molecule has 1 N–H and O–H groups in total. The molecule has 0 spiro atoms. The number of aromatic amines is 1. The maximum Gasteiger partial charge on any atom is 0.139 e. The highest BCUT2D eigenvalue weighted by molar-refractivity contribution is 9.10. The van der Waals surface area contributed by atoms with Crippen LogP contribution in [0, 0.1) is 5.82 Å². The van der Waals surface area contributed by atoms with Gasteiger partial charge in [-0.25, -0.2) is 9.37 Å². The van der Waals surface area contributed by atoms with Crippen LogP contribution in [0.2, 0.25) is 5.02 Å². The minimum Gasteiger partial charge on any atom is -0.338 e. The summed E-state index contributed by atoms with van der Waals surface area (Å²) in [6, 6.07) is 10.0. The summed E-state index contributed by atoms with van der Waals surface area (Å²) in [5.41, 5.74) is 2.36. The van der Waals surface area contributed by atoms with Gasteiger partial charge in [-0.2, -0.15) is 0 Å². The van der Waals surface area contributed by atoms with E-state index in [1.165, 1.54) is 12.1 Å². The molecule has 3 aromatic rings. The molecule has 0 aliphatic rings. The first-order valence-electron chi connectivity index (χ1n) is 5.25. The number of para-hydroxylation sites is 1. The number of halogens is 3. The van der Waals surface area contributed by atoms with Crippen LogP contribution >= 0.6 is 27.5 Å². The van der Waals surface area contributed by atoms with E-state index in [2.05, 4.69) is 25.9 Å². The van der Waals surface area contributed by atoms with Gasteiger partial charge in [-0.15, -0.1) is 0 Å². The summed E-state index contributed by atoms with van der Waals surface area (Å²) in [5, 5.41) is 0.591. The van der Waals surface area contributed by atoms with Crippen molar-refractivity contribution in [2.45, 2.75) is 0 Å². The summed E-state index contributed by atoms with van der Waals surface area (Å²) in [6.45, 7) is 0. The van der Waals surface area contributed by atoms with Crippen molar-refractivity contribution in [1.29, 1.82) is 0 Å². The minimum absolute atomic E-state index is 0.292. The average molecular weight is 326 g/mol. The molecule has 0 atom stereocenters. The molecule has 0 saturated carbocycles. The van der Waals surface area contributed by atoms with Crippen LogP contribution in [0.1, 0.15) is 0 Å². The van der Waals surface area contributed by atoms with Gasteiger partial charge in [0.05, 0.1) is 10.5 Å². The number of hydrogen-bond acceptors (Lipinski definition) is 1. The smallest absolute Gasteiger partial charge is 0.139 e. The maximum absolute atomic E-state index is 13.1. The molecule has 90 valence electrons. The summed E-state index contributed by atoms with van der Waals surface area (Å²) in [4.78, 5) is 7.60. The molecule has 0 aliphatic heterocycles. The molecule has 2 aromatic carbocycles. The molecule has 0 unspecified atom stereocenters. The lowest BCUT2D eigenvalue weighted by Gasteiger charge is -2.00. The molecular weight excluding hydrogens is 319 g/mol. The van der Waals surface area contributed by atoms with E-state index < -0.39 is 0 Å². The largest absolute Gasteiger partial charge is 0.338 e. The summed E-state index contributed by atoms with van der Waals surface area (Å²) in [7, 11) is 0. The Bertz CT molecular complexity index is 739. The zero-order chi connectivity index (χ0) is 12.7. The molecule has 0 fully saturated rings. The highest BCUT2D eigenvalue weighted by atomic mass is 79.9. The monoisotopic (exact) mass is 324 g/mol. The predicted molar refractivity (Wildman–Crippen MR) is 74.2 cm³/mol. The number of rotatable bonds is 1. The van der Waals surface area contributed by atoms with E-state index in [-0.39, 0.29) is 5.82 Å². The van der Waals surface area contributed by atoms with Gasteiger partial charge in [-0.1, -0.05) is 17.7 Å². The third kappa shape index (κ3) is 1.91. The van der Waals surface area contributed by atoms with E-state index in [4.69, 9.17) is 11.6 Å². The Balaban J connectivity index is 2.23. The van der Waals surface area contributed by atoms with Crippen molar-refractivity contribution in [2.75, 3.05) is 0 Å². The Morgan fingerprint density at radius 3 is 2.78 bits per heavy atom. The second-order valence-electron chi connectivity index (χ2n) is 3.85. The summed E-state index contributed by atoms with van der Waals surface area (Å²) >= 11 is 9.40. The number of imidazole rings is 1. The lowest BCUT2D eigenvalue weighted by molar-refractivity contribution is 0.627. The van der Waals surface area contributed by atoms with Crippen molar-refractivity contribution in [3.05, 3.63) is 51.7 Å². The number of benzene rings is 2. The van der Waals surface area contributed by atoms with Gasteiger partial charge >= 0.3 is 0 Å². The van der Waals surface area contributed by atoms with Crippen molar-refractivity contribution in [3.63, 3.8) is 0 Å². The molecule has 0 aliphatic carbocycles. The fourth-order valence-corrected chi connectivity index (χ4v) is 2.56. The van der Waals surface area contributed by atoms with Crippen molar-refractivity contribution in [3.8, 4) is 11.4 Å². The normalized spacial score (nSPS) is 11.1. The summed E-state index contributed by atoms with van der Waals surface area (Å²) < 4.78 is 13.7. The van der Waals surface area contributed by atoms with Crippen LogP contribution in [0.3, 0.4) is 0 Å². The lowest BCUT2D eigenvalue weighted by Crippen LogP contribution is -1.83. The van der Waals surface area contributed by atoms with Crippen LogP contribution in [0.4, 0.5) is 4.39 Å². The van der Waals surface area contributed by atoms with Crippen molar-refractivity contribution < 1.29 is 4.39 Å². The Hall–Kier alpha value is -1.39. The van der Waals surface area contributed by atoms with Crippen molar-refractivity contribution in [2.24, 2.45) is 0 Å². The van der Waals surface area contributed by atoms with Crippen LogP contribution in [-0.2, 0) is 0 Å². The zero-order valence-corrected chi connectivity index (χ0v) is 11.4. The standard InChI is InChI=1S/C13H7BrClFN2/c14-9-6-7(16)4-5-8(9)13-17-11-3-1-2-10(15)12(11)18-13/h1-6H,(H,17,18). The summed E-state index contributed by atoms with van der Waals surface area (Å²) in [5.74, 6) is 0.366. The lowest BCUT2D eigenvalue weighted by atomic mass is 10.2. The quantitative estimate of drug-likeness (QED) is 0.685. The third-order valence-electron chi connectivity index (χ3n) is 2.65. The van der Waals surface area contributed by atoms with Crippen LogP contribution < -0.4 is 0 Å². The predicted octanol–water partition coefficient (Wildman–Crippen LogP) is 4.78. The summed E-state index contributed by atoms with van der Waals surface area (Å²) in [6.07, 6.45) is 0. The van der Waals surface area contributed by atoms with E-state index in [0.29, 0.717) is 20.8 Å². The highest BCUT2D eigenvalue weighted by Crippen LogP contribution is 2.30. The van der Waals surface area contributed by atoms with Crippen LogP contribution in [-0.4, -0.2) is 9.97 Å². The SMILES string of the molecule is Fc1ccc(-c2nc3c(Cl)cccc3[nH]2)c(Br)c1. The molecular formula is C13H7BrClFN2. The Morgan fingerprint density at radius 1 is 1.22 bits per heavy atom. The van der Waals surface area contributed by atoms with Crippen molar-refractivity contribution >= 4 is 38.6 Å². The third-order valence-corrected chi connectivity index (χ3v) is 3.61. The van der Waals surface area contributed by atoms with Crippen LogP contribution in [0.15, 0.2) is 40.9 Å². The Labute approximate surface area is 116 Å². The number of H-pyrrole nitrogens is 1. The Morgan fingerprint density at radius 2 is 2.06 bits per heavy atom.